The number of rotatable bonds is 3. The highest BCUT2D eigenvalue weighted by atomic mass is 35.5. The van der Waals surface area contributed by atoms with Crippen molar-refractivity contribution in [1.82, 2.24) is 4.98 Å². The Labute approximate surface area is 149 Å². The number of halogens is 2. The highest BCUT2D eigenvalue weighted by Gasteiger charge is 2.37. The van der Waals surface area contributed by atoms with Crippen molar-refractivity contribution in [3.8, 4) is 0 Å². The maximum atomic E-state index is 12.2. The predicted octanol–water partition coefficient (Wildman–Crippen LogP) is 1.97. The van der Waals surface area contributed by atoms with Gasteiger partial charge in [-0.3, -0.25) is 4.79 Å². The lowest BCUT2D eigenvalue weighted by Gasteiger charge is -2.28. The first-order valence-corrected chi connectivity index (χ1v) is 7.56. The molecule has 0 radical (unpaired) electrons. The van der Waals surface area contributed by atoms with E-state index in [0.29, 0.717) is 5.82 Å². The van der Waals surface area contributed by atoms with Gasteiger partial charge in [-0.05, 0) is 25.0 Å². The Kier molecular flexibility index (Phi) is 7.54. The Bertz CT molecular complexity index is 501. The minimum Gasteiger partial charge on any atom is -0.378 e. The third kappa shape index (κ3) is 4.70. The van der Waals surface area contributed by atoms with Crippen LogP contribution in [0.15, 0.2) is 18.3 Å². The van der Waals surface area contributed by atoms with Crippen molar-refractivity contribution in [1.29, 1.82) is 0 Å². The number of aromatic nitrogens is 1. The number of anilines is 2. The number of amides is 1. The summed E-state index contributed by atoms with van der Waals surface area (Å²) in [6.07, 6.45) is 5.34. The number of pyridine rings is 1. The highest BCUT2D eigenvalue weighted by molar-refractivity contribution is 5.97. The van der Waals surface area contributed by atoms with Crippen LogP contribution in [0.2, 0.25) is 0 Å². The molecular weight excluding hydrogens is 339 g/mol. The van der Waals surface area contributed by atoms with Gasteiger partial charge < -0.3 is 20.7 Å². The van der Waals surface area contributed by atoms with Gasteiger partial charge in [0.1, 0.15) is 5.82 Å². The van der Waals surface area contributed by atoms with Gasteiger partial charge in [-0.2, -0.15) is 0 Å². The molecule has 2 fully saturated rings. The smallest absolute Gasteiger partial charge is 0.245 e. The summed E-state index contributed by atoms with van der Waals surface area (Å²) < 4.78 is 5.33. The third-order valence-corrected chi connectivity index (χ3v) is 4.31. The van der Waals surface area contributed by atoms with Gasteiger partial charge in [-0.15, -0.1) is 24.8 Å². The molecule has 1 aromatic rings. The van der Waals surface area contributed by atoms with Crippen LogP contribution in [0, 0.1) is 0 Å². The SMILES string of the molecule is Cl.Cl.NC1(C(=O)Nc2ccc(N3CCOCC3)cn2)CCCC1. The average molecular weight is 363 g/mol. The van der Waals surface area contributed by atoms with E-state index in [-0.39, 0.29) is 30.7 Å². The molecule has 130 valence electrons. The van der Waals surface area contributed by atoms with E-state index in [1.165, 1.54) is 0 Å². The number of nitrogens with two attached hydrogens (primary N) is 1. The van der Waals surface area contributed by atoms with Gasteiger partial charge >= 0.3 is 0 Å². The number of ether oxygens (including phenoxy) is 1. The maximum absolute atomic E-state index is 12.2. The zero-order valence-corrected chi connectivity index (χ0v) is 14.6. The molecule has 23 heavy (non-hydrogen) atoms. The van der Waals surface area contributed by atoms with Crippen LogP contribution in [0.1, 0.15) is 25.7 Å². The fraction of sp³-hybridized carbons (Fsp3) is 0.600. The Balaban J connectivity index is 0.00000132. The zero-order chi connectivity index (χ0) is 14.7. The minimum atomic E-state index is -0.718. The van der Waals surface area contributed by atoms with Crippen molar-refractivity contribution in [2.75, 3.05) is 36.5 Å². The molecule has 3 rings (SSSR count). The van der Waals surface area contributed by atoms with Gasteiger partial charge in [0, 0.05) is 13.1 Å². The first-order valence-electron chi connectivity index (χ1n) is 7.56. The molecule has 6 nitrogen and oxygen atoms in total. The number of carbonyl (C=O) groups excluding carboxylic acids is 1. The number of nitrogens with zero attached hydrogens (tertiary/aromatic N) is 2. The van der Waals surface area contributed by atoms with E-state index >= 15 is 0 Å². The van der Waals surface area contributed by atoms with Crippen molar-refractivity contribution >= 4 is 42.2 Å². The molecule has 0 spiro atoms. The molecule has 1 amide bonds. The maximum Gasteiger partial charge on any atom is 0.245 e. The molecule has 1 aromatic heterocycles. The molecule has 1 aliphatic heterocycles. The van der Waals surface area contributed by atoms with E-state index in [1.807, 2.05) is 12.1 Å². The van der Waals surface area contributed by atoms with Crippen molar-refractivity contribution in [3.63, 3.8) is 0 Å². The molecule has 0 atom stereocenters. The molecule has 0 unspecified atom stereocenters. The van der Waals surface area contributed by atoms with Crippen LogP contribution in [0.5, 0.6) is 0 Å². The quantitative estimate of drug-likeness (QED) is 0.858. The summed E-state index contributed by atoms with van der Waals surface area (Å²) in [5.41, 5.74) is 6.47. The summed E-state index contributed by atoms with van der Waals surface area (Å²) in [7, 11) is 0. The second kappa shape index (κ2) is 8.68. The lowest BCUT2D eigenvalue weighted by atomic mass is 9.98. The average Bonchev–Trinajstić information content (AvgIpc) is 2.97. The van der Waals surface area contributed by atoms with E-state index in [2.05, 4.69) is 15.2 Å². The number of morpholine rings is 1. The molecule has 1 aliphatic carbocycles. The lowest BCUT2D eigenvalue weighted by Crippen LogP contribution is -2.48. The predicted molar refractivity (Wildman–Crippen MR) is 95.8 cm³/mol. The molecule has 0 aromatic carbocycles. The van der Waals surface area contributed by atoms with Crippen molar-refractivity contribution in [3.05, 3.63) is 18.3 Å². The van der Waals surface area contributed by atoms with E-state index in [9.17, 15) is 4.79 Å². The Hall–Kier alpha value is -1.08. The summed E-state index contributed by atoms with van der Waals surface area (Å²) in [6.45, 7) is 3.24. The zero-order valence-electron chi connectivity index (χ0n) is 13.0. The molecular formula is C15H24Cl2N4O2. The second-order valence-corrected chi connectivity index (χ2v) is 5.82. The van der Waals surface area contributed by atoms with Crippen molar-refractivity contribution < 1.29 is 9.53 Å². The van der Waals surface area contributed by atoms with Crippen LogP contribution >= 0.6 is 24.8 Å². The van der Waals surface area contributed by atoms with E-state index in [4.69, 9.17) is 10.5 Å². The Morgan fingerprint density at radius 3 is 2.43 bits per heavy atom. The van der Waals surface area contributed by atoms with Crippen LogP contribution in [-0.2, 0) is 9.53 Å². The largest absolute Gasteiger partial charge is 0.378 e. The number of hydrogen-bond acceptors (Lipinski definition) is 5. The van der Waals surface area contributed by atoms with Crippen LogP contribution in [-0.4, -0.2) is 42.7 Å². The molecule has 2 heterocycles. The molecule has 8 heteroatoms. The summed E-state index contributed by atoms with van der Waals surface area (Å²) in [5, 5.41) is 2.84. The summed E-state index contributed by atoms with van der Waals surface area (Å²) in [4.78, 5) is 18.8. The third-order valence-electron chi connectivity index (χ3n) is 4.31. The minimum absolute atomic E-state index is 0. The van der Waals surface area contributed by atoms with Crippen molar-refractivity contribution in [2.24, 2.45) is 5.73 Å². The van der Waals surface area contributed by atoms with Gasteiger partial charge in [0.25, 0.3) is 0 Å². The standard InChI is InChI=1S/C15H22N4O2.2ClH/c16-15(5-1-2-6-15)14(20)18-13-4-3-12(11-17-13)19-7-9-21-10-8-19;;/h3-4,11H,1-2,5-10,16H2,(H,17,18,20);2*1H. The van der Waals surface area contributed by atoms with Crippen molar-refractivity contribution in [2.45, 2.75) is 31.2 Å². The molecule has 1 saturated heterocycles. The molecule has 1 saturated carbocycles. The normalized spacial score (nSPS) is 19.4. The fourth-order valence-electron chi connectivity index (χ4n) is 2.94. The van der Waals surface area contributed by atoms with Crippen LogP contribution < -0.4 is 16.0 Å². The summed E-state index contributed by atoms with van der Waals surface area (Å²) in [6, 6.07) is 3.81. The van der Waals surface area contributed by atoms with Crippen LogP contribution in [0.4, 0.5) is 11.5 Å². The van der Waals surface area contributed by atoms with Crippen LogP contribution in [0.3, 0.4) is 0 Å². The number of hydrogen-bond donors (Lipinski definition) is 2. The Morgan fingerprint density at radius 2 is 1.87 bits per heavy atom. The summed E-state index contributed by atoms with van der Waals surface area (Å²) >= 11 is 0. The lowest BCUT2D eigenvalue weighted by molar-refractivity contribution is -0.121. The molecule has 3 N–H and O–H groups in total. The van der Waals surface area contributed by atoms with Gasteiger partial charge in [-0.1, -0.05) is 12.8 Å². The highest BCUT2D eigenvalue weighted by Crippen LogP contribution is 2.28. The fourth-order valence-corrected chi connectivity index (χ4v) is 2.94. The van der Waals surface area contributed by atoms with Gasteiger partial charge in [-0.25, -0.2) is 4.98 Å². The first-order chi connectivity index (χ1) is 10.2. The molecule has 2 aliphatic rings. The monoisotopic (exact) mass is 362 g/mol. The summed E-state index contributed by atoms with van der Waals surface area (Å²) in [5.74, 6) is 0.445. The van der Waals surface area contributed by atoms with E-state index < -0.39 is 5.54 Å². The van der Waals surface area contributed by atoms with Gasteiger partial charge in [0.2, 0.25) is 5.91 Å². The van der Waals surface area contributed by atoms with E-state index in [1.54, 1.807) is 6.20 Å². The number of carbonyl (C=O) groups is 1. The van der Waals surface area contributed by atoms with Gasteiger partial charge in [0.05, 0.1) is 30.6 Å². The topological polar surface area (TPSA) is 80.5 Å². The van der Waals surface area contributed by atoms with E-state index in [0.717, 1.165) is 57.7 Å². The second-order valence-electron chi connectivity index (χ2n) is 5.82. The molecule has 0 bridgehead atoms. The van der Waals surface area contributed by atoms with Crippen LogP contribution in [0.25, 0.3) is 0 Å². The first kappa shape index (κ1) is 20.0. The Morgan fingerprint density at radius 1 is 1.22 bits per heavy atom. The van der Waals surface area contributed by atoms with Gasteiger partial charge in [0.15, 0.2) is 0 Å². The number of nitrogens with one attached hydrogen (secondary N) is 1.